The summed E-state index contributed by atoms with van der Waals surface area (Å²) >= 11 is 0. The number of nitrogens with one attached hydrogen (secondary N) is 2. The predicted molar refractivity (Wildman–Crippen MR) is 105 cm³/mol. The molecule has 0 atom stereocenters. The molecule has 0 saturated heterocycles. The largest absolute Gasteiger partial charge is 0.497 e. The van der Waals surface area contributed by atoms with Gasteiger partial charge in [0.05, 0.1) is 19.9 Å². The van der Waals surface area contributed by atoms with E-state index in [0.717, 1.165) is 0 Å². The Bertz CT molecular complexity index is 979. The number of hydrogen-bond donors (Lipinski definition) is 2. The van der Waals surface area contributed by atoms with Gasteiger partial charge in [-0.15, -0.1) is 0 Å². The van der Waals surface area contributed by atoms with Gasteiger partial charge in [0.1, 0.15) is 23.1 Å². The van der Waals surface area contributed by atoms with Gasteiger partial charge in [-0.3, -0.25) is 4.79 Å². The summed E-state index contributed by atoms with van der Waals surface area (Å²) in [5, 5.41) is 5.83. The van der Waals surface area contributed by atoms with Gasteiger partial charge in [0.25, 0.3) is 5.91 Å². The van der Waals surface area contributed by atoms with Crippen LogP contribution in [0.5, 0.6) is 11.5 Å². The number of carbonyl (C=O) groups excluding carboxylic acids is 1. The average Bonchev–Trinajstić information content (AvgIpc) is 2.73. The van der Waals surface area contributed by atoms with Crippen LogP contribution in [0.4, 0.5) is 15.9 Å². The summed E-state index contributed by atoms with van der Waals surface area (Å²) in [5.74, 6) is 0.964. The van der Waals surface area contributed by atoms with Crippen molar-refractivity contribution < 1.29 is 18.7 Å². The van der Waals surface area contributed by atoms with Gasteiger partial charge in [-0.2, -0.15) is 0 Å². The molecule has 0 aliphatic rings. The summed E-state index contributed by atoms with van der Waals surface area (Å²) < 4.78 is 24.2. The summed E-state index contributed by atoms with van der Waals surface area (Å²) in [4.78, 5) is 16.8. The van der Waals surface area contributed by atoms with Crippen LogP contribution >= 0.6 is 0 Å². The van der Waals surface area contributed by atoms with E-state index in [9.17, 15) is 9.18 Å². The lowest BCUT2D eigenvalue weighted by atomic mass is 10.2. The van der Waals surface area contributed by atoms with Crippen molar-refractivity contribution in [3.63, 3.8) is 0 Å². The van der Waals surface area contributed by atoms with Crippen molar-refractivity contribution >= 4 is 17.4 Å². The standard InChI is InChI=1S/C21H20FN3O3/c1-27-16-7-8-18(19(12-16)28-2)25-21(26)14-9-10-23-20(11-14)24-13-15-5-3-4-6-17(15)22/h3-12H,13H2,1-2H3,(H,23,24)(H,25,26). The lowest BCUT2D eigenvalue weighted by molar-refractivity contribution is 0.102. The molecule has 6 nitrogen and oxygen atoms in total. The van der Waals surface area contributed by atoms with Gasteiger partial charge in [0.15, 0.2) is 0 Å². The second-order valence-corrected chi connectivity index (χ2v) is 5.90. The van der Waals surface area contributed by atoms with E-state index in [1.165, 1.54) is 19.4 Å². The number of carbonyl (C=O) groups is 1. The van der Waals surface area contributed by atoms with Crippen LogP contribution in [-0.4, -0.2) is 25.1 Å². The van der Waals surface area contributed by atoms with Crippen LogP contribution in [0.15, 0.2) is 60.8 Å². The molecule has 0 saturated carbocycles. The number of halogens is 1. The molecule has 1 amide bonds. The first-order valence-electron chi connectivity index (χ1n) is 8.57. The van der Waals surface area contributed by atoms with Crippen molar-refractivity contribution in [2.45, 2.75) is 6.54 Å². The molecule has 0 aliphatic heterocycles. The highest BCUT2D eigenvalue weighted by atomic mass is 19.1. The van der Waals surface area contributed by atoms with Gasteiger partial charge in [-0.05, 0) is 30.3 Å². The maximum absolute atomic E-state index is 13.7. The number of amides is 1. The number of methoxy groups -OCH3 is 2. The first kappa shape index (κ1) is 19.2. The van der Waals surface area contributed by atoms with Crippen molar-refractivity contribution in [1.29, 1.82) is 0 Å². The Morgan fingerprint density at radius 1 is 1.07 bits per heavy atom. The number of aromatic nitrogens is 1. The molecule has 28 heavy (non-hydrogen) atoms. The monoisotopic (exact) mass is 381 g/mol. The third-order valence-corrected chi connectivity index (χ3v) is 4.10. The SMILES string of the molecule is COc1ccc(NC(=O)c2ccnc(NCc3ccccc3F)c2)c(OC)c1. The van der Waals surface area contributed by atoms with E-state index in [4.69, 9.17) is 9.47 Å². The maximum Gasteiger partial charge on any atom is 0.255 e. The van der Waals surface area contributed by atoms with E-state index in [2.05, 4.69) is 15.6 Å². The molecule has 0 spiro atoms. The van der Waals surface area contributed by atoms with Crippen LogP contribution < -0.4 is 20.1 Å². The summed E-state index contributed by atoms with van der Waals surface area (Å²) in [6.07, 6.45) is 1.52. The first-order valence-corrected chi connectivity index (χ1v) is 8.57. The second-order valence-electron chi connectivity index (χ2n) is 5.90. The molecule has 3 rings (SSSR count). The highest BCUT2D eigenvalue weighted by molar-refractivity contribution is 6.05. The average molecular weight is 381 g/mol. The highest BCUT2D eigenvalue weighted by Crippen LogP contribution is 2.29. The number of hydrogen-bond acceptors (Lipinski definition) is 5. The molecule has 0 unspecified atom stereocenters. The quantitative estimate of drug-likeness (QED) is 0.645. The van der Waals surface area contributed by atoms with Crippen molar-refractivity contribution in [3.05, 3.63) is 77.7 Å². The fraction of sp³-hybridized carbons (Fsp3) is 0.143. The number of pyridine rings is 1. The molecule has 1 heterocycles. The van der Waals surface area contributed by atoms with Crippen molar-refractivity contribution in [2.24, 2.45) is 0 Å². The molecule has 144 valence electrons. The zero-order valence-electron chi connectivity index (χ0n) is 15.5. The normalized spacial score (nSPS) is 10.2. The minimum absolute atomic E-state index is 0.261. The number of benzene rings is 2. The predicted octanol–water partition coefficient (Wildman–Crippen LogP) is 4.10. The summed E-state index contributed by atoms with van der Waals surface area (Å²) in [7, 11) is 3.07. The smallest absolute Gasteiger partial charge is 0.255 e. The zero-order valence-corrected chi connectivity index (χ0v) is 15.5. The molecular weight excluding hydrogens is 361 g/mol. The maximum atomic E-state index is 13.7. The van der Waals surface area contributed by atoms with Crippen LogP contribution in [-0.2, 0) is 6.54 Å². The number of rotatable bonds is 7. The van der Waals surface area contributed by atoms with Gasteiger partial charge < -0.3 is 20.1 Å². The highest BCUT2D eigenvalue weighted by Gasteiger charge is 2.12. The summed E-state index contributed by atoms with van der Waals surface area (Å²) in [5.41, 5.74) is 1.44. The molecule has 0 aliphatic carbocycles. The molecule has 2 aromatic carbocycles. The topological polar surface area (TPSA) is 72.5 Å². The van der Waals surface area contributed by atoms with Crippen molar-refractivity contribution in [1.82, 2.24) is 4.98 Å². The van der Waals surface area contributed by atoms with Crippen molar-refractivity contribution in [3.8, 4) is 11.5 Å². The third kappa shape index (κ3) is 4.56. The molecule has 3 aromatic rings. The van der Waals surface area contributed by atoms with E-state index >= 15 is 0 Å². The van der Waals surface area contributed by atoms with Crippen molar-refractivity contribution in [2.75, 3.05) is 24.9 Å². The Morgan fingerprint density at radius 3 is 2.64 bits per heavy atom. The number of nitrogens with zero attached hydrogens (tertiary/aromatic N) is 1. The van der Waals surface area contributed by atoms with E-state index in [-0.39, 0.29) is 18.3 Å². The lowest BCUT2D eigenvalue weighted by Crippen LogP contribution is -2.13. The zero-order chi connectivity index (χ0) is 19.9. The Balaban J connectivity index is 1.71. The summed E-state index contributed by atoms with van der Waals surface area (Å²) in [6, 6.07) is 14.8. The fourth-order valence-corrected chi connectivity index (χ4v) is 2.59. The van der Waals surface area contributed by atoms with E-state index in [1.807, 2.05) is 0 Å². The van der Waals surface area contributed by atoms with Crippen LogP contribution in [0.25, 0.3) is 0 Å². The molecule has 1 aromatic heterocycles. The van der Waals surface area contributed by atoms with Gasteiger partial charge >= 0.3 is 0 Å². The minimum atomic E-state index is -0.320. The number of ether oxygens (including phenoxy) is 2. The molecule has 7 heteroatoms. The Morgan fingerprint density at radius 2 is 1.89 bits per heavy atom. The lowest BCUT2D eigenvalue weighted by Gasteiger charge is -2.12. The summed E-state index contributed by atoms with van der Waals surface area (Å²) in [6.45, 7) is 0.261. The molecule has 2 N–H and O–H groups in total. The van der Waals surface area contributed by atoms with E-state index < -0.39 is 0 Å². The van der Waals surface area contributed by atoms with Gasteiger partial charge in [-0.25, -0.2) is 9.37 Å². The van der Waals surface area contributed by atoms with Gasteiger partial charge in [-0.1, -0.05) is 18.2 Å². The Hall–Kier alpha value is -3.61. The minimum Gasteiger partial charge on any atom is -0.497 e. The third-order valence-electron chi connectivity index (χ3n) is 4.10. The molecule has 0 fully saturated rings. The van der Waals surface area contributed by atoms with Crippen LogP contribution in [0.1, 0.15) is 15.9 Å². The van der Waals surface area contributed by atoms with E-state index in [0.29, 0.717) is 34.1 Å². The second kappa shape index (κ2) is 8.85. The van der Waals surface area contributed by atoms with Gasteiger partial charge in [0.2, 0.25) is 0 Å². The molecule has 0 bridgehead atoms. The number of anilines is 2. The van der Waals surface area contributed by atoms with Crippen LogP contribution in [0, 0.1) is 5.82 Å². The molecular formula is C21H20FN3O3. The van der Waals surface area contributed by atoms with Crippen LogP contribution in [0.3, 0.4) is 0 Å². The fourth-order valence-electron chi connectivity index (χ4n) is 2.59. The van der Waals surface area contributed by atoms with E-state index in [1.54, 1.807) is 55.6 Å². The van der Waals surface area contributed by atoms with Crippen LogP contribution in [0.2, 0.25) is 0 Å². The Labute approximate surface area is 162 Å². The Kier molecular flexibility index (Phi) is 6.06. The van der Waals surface area contributed by atoms with Gasteiger partial charge in [0, 0.05) is 29.9 Å². The first-order chi connectivity index (χ1) is 13.6. The molecule has 0 radical (unpaired) electrons.